The van der Waals surface area contributed by atoms with E-state index in [0.717, 1.165) is 11.8 Å². The standard InChI is InChI=1S/C9H15NO3S/c1-6-8(12)10(9(6,3)4)13-5-14-7(2)11/h6H,5H2,1-4H3/t6-/m1/s1. The van der Waals surface area contributed by atoms with Crippen molar-refractivity contribution in [3.8, 4) is 0 Å². The first-order valence-corrected chi connectivity index (χ1v) is 5.46. The minimum Gasteiger partial charge on any atom is -0.287 e. The summed E-state index contributed by atoms with van der Waals surface area (Å²) in [4.78, 5) is 27.2. The van der Waals surface area contributed by atoms with E-state index < -0.39 is 0 Å². The molecule has 4 nitrogen and oxygen atoms in total. The number of hydroxylamine groups is 2. The van der Waals surface area contributed by atoms with Crippen LogP contribution >= 0.6 is 11.8 Å². The van der Waals surface area contributed by atoms with Crippen molar-refractivity contribution in [2.45, 2.75) is 33.2 Å². The zero-order valence-electron chi connectivity index (χ0n) is 8.86. The number of nitrogens with zero attached hydrogens (tertiary/aromatic N) is 1. The monoisotopic (exact) mass is 217 g/mol. The van der Waals surface area contributed by atoms with Crippen LogP contribution in [0.15, 0.2) is 0 Å². The van der Waals surface area contributed by atoms with Gasteiger partial charge in [0.1, 0.15) is 5.94 Å². The highest BCUT2D eigenvalue weighted by Crippen LogP contribution is 2.37. The average molecular weight is 217 g/mol. The van der Waals surface area contributed by atoms with Crippen molar-refractivity contribution in [2.24, 2.45) is 5.92 Å². The Balaban J connectivity index is 2.39. The number of hydrogen-bond acceptors (Lipinski definition) is 4. The Bertz CT molecular complexity index is 265. The molecule has 0 spiro atoms. The summed E-state index contributed by atoms with van der Waals surface area (Å²) >= 11 is 1.06. The van der Waals surface area contributed by atoms with Crippen LogP contribution < -0.4 is 0 Å². The van der Waals surface area contributed by atoms with Gasteiger partial charge in [-0.3, -0.25) is 14.4 Å². The summed E-state index contributed by atoms with van der Waals surface area (Å²) in [5.41, 5.74) is -0.256. The quantitative estimate of drug-likeness (QED) is 0.529. The van der Waals surface area contributed by atoms with E-state index in [1.54, 1.807) is 0 Å². The number of hydrogen-bond donors (Lipinski definition) is 0. The molecule has 1 saturated heterocycles. The molecule has 1 rings (SSSR count). The average Bonchev–Trinajstić information content (AvgIpc) is 2.10. The second kappa shape index (κ2) is 3.90. The second-order valence-corrected chi connectivity index (χ2v) is 4.99. The third-order valence-corrected chi connectivity index (χ3v) is 3.23. The Morgan fingerprint density at radius 3 is 2.64 bits per heavy atom. The third-order valence-electron chi connectivity index (χ3n) is 2.60. The molecular weight excluding hydrogens is 202 g/mol. The minimum atomic E-state index is -0.256. The van der Waals surface area contributed by atoms with E-state index >= 15 is 0 Å². The Hall–Kier alpha value is -0.550. The number of carbonyl (C=O) groups excluding carboxylic acids is 2. The molecule has 1 fully saturated rings. The summed E-state index contributed by atoms with van der Waals surface area (Å²) in [6.07, 6.45) is 0. The second-order valence-electron chi connectivity index (χ2n) is 3.89. The number of rotatable bonds is 3. The molecule has 1 amide bonds. The van der Waals surface area contributed by atoms with Crippen molar-refractivity contribution in [3.05, 3.63) is 0 Å². The van der Waals surface area contributed by atoms with Gasteiger partial charge in [-0.05, 0) is 13.8 Å². The molecule has 1 atom stereocenters. The predicted molar refractivity (Wildman–Crippen MR) is 54.3 cm³/mol. The lowest BCUT2D eigenvalue weighted by atomic mass is 9.80. The Morgan fingerprint density at radius 2 is 2.21 bits per heavy atom. The van der Waals surface area contributed by atoms with Gasteiger partial charge in [0.05, 0.1) is 11.5 Å². The molecule has 1 aliphatic heterocycles. The lowest BCUT2D eigenvalue weighted by molar-refractivity contribution is -0.256. The van der Waals surface area contributed by atoms with E-state index in [0.29, 0.717) is 0 Å². The van der Waals surface area contributed by atoms with Crippen LogP contribution in [0.3, 0.4) is 0 Å². The molecule has 5 heteroatoms. The molecule has 0 bridgehead atoms. The highest BCUT2D eigenvalue weighted by molar-refractivity contribution is 8.13. The number of β-lactam (4-membered cyclic amide) rings is 1. The summed E-state index contributed by atoms with van der Waals surface area (Å²) in [6, 6.07) is 0. The maximum atomic E-state index is 11.4. The first kappa shape index (κ1) is 11.5. The molecule has 0 aromatic rings. The summed E-state index contributed by atoms with van der Waals surface area (Å²) in [7, 11) is 0. The van der Waals surface area contributed by atoms with Crippen LogP contribution in [0.5, 0.6) is 0 Å². The van der Waals surface area contributed by atoms with Crippen molar-refractivity contribution in [3.63, 3.8) is 0 Å². The zero-order valence-corrected chi connectivity index (χ0v) is 9.68. The number of carbonyl (C=O) groups is 2. The van der Waals surface area contributed by atoms with Crippen LogP contribution in [-0.2, 0) is 14.4 Å². The third kappa shape index (κ3) is 1.93. The van der Waals surface area contributed by atoms with Crippen molar-refractivity contribution in [2.75, 3.05) is 5.94 Å². The van der Waals surface area contributed by atoms with Gasteiger partial charge in [0.15, 0.2) is 5.12 Å². The van der Waals surface area contributed by atoms with Crippen molar-refractivity contribution < 1.29 is 14.4 Å². The molecule has 14 heavy (non-hydrogen) atoms. The fourth-order valence-corrected chi connectivity index (χ4v) is 1.59. The largest absolute Gasteiger partial charge is 0.287 e. The molecule has 1 aliphatic rings. The van der Waals surface area contributed by atoms with E-state index in [1.807, 2.05) is 20.8 Å². The molecule has 0 saturated carbocycles. The van der Waals surface area contributed by atoms with E-state index in [-0.39, 0.29) is 28.4 Å². The van der Waals surface area contributed by atoms with Crippen molar-refractivity contribution >= 4 is 22.8 Å². The van der Waals surface area contributed by atoms with Gasteiger partial charge >= 0.3 is 0 Å². The smallest absolute Gasteiger partial charge is 0.251 e. The fourth-order valence-electron chi connectivity index (χ4n) is 1.26. The Kier molecular flexibility index (Phi) is 3.21. The van der Waals surface area contributed by atoms with Gasteiger partial charge in [-0.25, -0.2) is 5.06 Å². The van der Waals surface area contributed by atoms with Gasteiger partial charge < -0.3 is 0 Å². The molecule has 0 aromatic heterocycles. The topological polar surface area (TPSA) is 46.6 Å². The summed E-state index contributed by atoms with van der Waals surface area (Å²) in [6.45, 7) is 7.23. The van der Waals surface area contributed by atoms with Gasteiger partial charge in [0.2, 0.25) is 0 Å². The van der Waals surface area contributed by atoms with Gasteiger partial charge in [0.25, 0.3) is 5.91 Å². The highest BCUT2D eigenvalue weighted by atomic mass is 32.2. The molecular formula is C9H15NO3S. The molecule has 1 heterocycles. The predicted octanol–water partition coefficient (Wildman–Crippen LogP) is 1.41. The molecule has 80 valence electrons. The highest BCUT2D eigenvalue weighted by Gasteiger charge is 2.52. The molecule has 0 unspecified atom stereocenters. The first-order chi connectivity index (χ1) is 6.37. The van der Waals surface area contributed by atoms with E-state index in [4.69, 9.17) is 4.84 Å². The maximum Gasteiger partial charge on any atom is 0.251 e. The number of amides is 1. The summed E-state index contributed by atoms with van der Waals surface area (Å²) in [5, 5.41) is 1.34. The molecule has 0 aromatic carbocycles. The molecule has 0 N–H and O–H groups in total. The van der Waals surface area contributed by atoms with E-state index in [2.05, 4.69) is 0 Å². The molecule has 0 aliphatic carbocycles. The zero-order chi connectivity index (χ0) is 10.9. The van der Waals surface area contributed by atoms with Gasteiger partial charge in [-0.2, -0.15) is 0 Å². The lowest BCUT2D eigenvalue weighted by Crippen LogP contribution is -2.66. The van der Waals surface area contributed by atoms with Crippen molar-refractivity contribution in [1.82, 2.24) is 5.06 Å². The van der Waals surface area contributed by atoms with Crippen LogP contribution in [0.2, 0.25) is 0 Å². The Labute approximate surface area is 87.9 Å². The van der Waals surface area contributed by atoms with Gasteiger partial charge in [-0.15, -0.1) is 0 Å². The van der Waals surface area contributed by atoms with Gasteiger partial charge in [0, 0.05) is 6.92 Å². The normalized spacial score (nSPS) is 24.7. The molecule has 0 radical (unpaired) electrons. The fraction of sp³-hybridized carbons (Fsp3) is 0.778. The van der Waals surface area contributed by atoms with Crippen LogP contribution in [0, 0.1) is 5.92 Å². The maximum absolute atomic E-state index is 11.4. The van der Waals surface area contributed by atoms with Crippen LogP contribution in [-0.4, -0.2) is 27.6 Å². The summed E-state index contributed by atoms with van der Waals surface area (Å²) in [5.74, 6) is 0.181. The minimum absolute atomic E-state index is 0.00942. The summed E-state index contributed by atoms with van der Waals surface area (Å²) < 4.78 is 0. The Morgan fingerprint density at radius 1 is 1.64 bits per heavy atom. The van der Waals surface area contributed by atoms with Gasteiger partial charge in [-0.1, -0.05) is 18.7 Å². The van der Waals surface area contributed by atoms with Crippen LogP contribution in [0.1, 0.15) is 27.7 Å². The SMILES string of the molecule is CC(=O)SCON1C(=O)[C@@H](C)C1(C)C. The lowest BCUT2D eigenvalue weighted by Gasteiger charge is -2.50. The van der Waals surface area contributed by atoms with E-state index in [1.165, 1.54) is 12.0 Å². The first-order valence-electron chi connectivity index (χ1n) is 4.47. The van der Waals surface area contributed by atoms with Crippen LogP contribution in [0.25, 0.3) is 0 Å². The van der Waals surface area contributed by atoms with Crippen LogP contribution in [0.4, 0.5) is 0 Å². The van der Waals surface area contributed by atoms with Crippen molar-refractivity contribution in [1.29, 1.82) is 0 Å². The van der Waals surface area contributed by atoms with E-state index in [9.17, 15) is 9.59 Å². The number of thioether (sulfide) groups is 1.